The molecular weight excluding hydrogens is 214 g/mol. The van der Waals surface area contributed by atoms with Crippen LogP contribution in [0.2, 0.25) is 0 Å². The Balaban J connectivity index is 2.38. The average Bonchev–Trinajstić information content (AvgIpc) is 2.15. The molecule has 1 fully saturated rings. The van der Waals surface area contributed by atoms with Crippen LogP contribution in [-0.4, -0.2) is 45.2 Å². The Bertz CT molecular complexity index is 292. The second-order valence-electron chi connectivity index (χ2n) is 4.43. The minimum absolute atomic E-state index is 0.0403. The Hall–Kier alpha value is -0.170. The van der Waals surface area contributed by atoms with E-state index in [0.717, 1.165) is 19.5 Å². The second-order valence-corrected chi connectivity index (χ2v) is 6.16. The van der Waals surface area contributed by atoms with Gasteiger partial charge >= 0.3 is 0 Å². The lowest BCUT2D eigenvalue weighted by molar-refractivity contribution is 0.139. The topological polar surface area (TPSA) is 89.4 Å². The molecule has 0 spiro atoms. The second kappa shape index (κ2) is 5.25. The van der Waals surface area contributed by atoms with Gasteiger partial charge in [-0.05, 0) is 31.3 Å². The van der Waals surface area contributed by atoms with E-state index in [1.54, 1.807) is 0 Å². The Morgan fingerprint density at radius 2 is 2.13 bits per heavy atom. The van der Waals surface area contributed by atoms with E-state index in [9.17, 15) is 8.42 Å². The van der Waals surface area contributed by atoms with Crippen LogP contribution in [0.25, 0.3) is 0 Å². The molecule has 0 amide bonds. The summed E-state index contributed by atoms with van der Waals surface area (Å²) in [5.41, 5.74) is 5.67. The lowest BCUT2D eigenvalue weighted by atomic mass is 9.87. The molecule has 1 aliphatic heterocycles. The highest BCUT2D eigenvalue weighted by Gasteiger charge is 2.25. The summed E-state index contributed by atoms with van der Waals surface area (Å²) in [5.74, 6) is 1.17. The number of likely N-dealkylation sites (tertiary alicyclic amines) is 1. The van der Waals surface area contributed by atoms with Gasteiger partial charge in [-0.15, -0.1) is 0 Å². The van der Waals surface area contributed by atoms with E-state index >= 15 is 0 Å². The Morgan fingerprint density at radius 3 is 2.67 bits per heavy atom. The minimum Gasteiger partial charge on any atom is -0.330 e. The van der Waals surface area contributed by atoms with E-state index in [1.165, 1.54) is 0 Å². The van der Waals surface area contributed by atoms with Crippen LogP contribution in [0.1, 0.15) is 13.3 Å². The first-order valence-electron chi connectivity index (χ1n) is 5.35. The molecule has 6 heteroatoms. The molecule has 15 heavy (non-hydrogen) atoms. The molecule has 90 valence electrons. The molecule has 4 N–H and O–H groups in total. The number of hydrogen-bond acceptors (Lipinski definition) is 4. The van der Waals surface area contributed by atoms with Gasteiger partial charge in [0.1, 0.15) is 0 Å². The first-order valence-corrected chi connectivity index (χ1v) is 7.07. The first-order chi connectivity index (χ1) is 6.92. The van der Waals surface area contributed by atoms with Gasteiger partial charge in [0.05, 0.1) is 5.75 Å². The molecule has 0 aromatic rings. The van der Waals surface area contributed by atoms with Crippen molar-refractivity contribution in [1.82, 2.24) is 4.90 Å². The molecule has 0 aliphatic carbocycles. The van der Waals surface area contributed by atoms with Crippen molar-refractivity contribution in [3.8, 4) is 0 Å². The van der Waals surface area contributed by atoms with Crippen LogP contribution in [0, 0.1) is 11.8 Å². The van der Waals surface area contributed by atoms with E-state index < -0.39 is 10.0 Å². The third-order valence-corrected chi connectivity index (χ3v) is 3.94. The molecule has 2 atom stereocenters. The smallest absolute Gasteiger partial charge is 0.210 e. The molecule has 0 radical (unpaired) electrons. The first kappa shape index (κ1) is 12.9. The van der Waals surface area contributed by atoms with Crippen molar-refractivity contribution in [1.29, 1.82) is 0 Å². The number of nitrogens with two attached hydrogens (primary N) is 2. The molecule has 1 heterocycles. The van der Waals surface area contributed by atoms with Crippen molar-refractivity contribution < 1.29 is 8.42 Å². The zero-order valence-electron chi connectivity index (χ0n) is 9.22. The van der Waals surface area contributed by atoms with Crippen LogP contribution >= 0.6 is 0 Å². The fraction of sp³-hybridized carbons (Fsp3) is 1.00. The highest BCUT2D eigenvalue weighted by atomic mass is 32.2. The number of primary sulfonamides is 1. The van der Waals surface area contributed by atoms with Crippen LogP contribution in [0.15, 0.2) is 0 Å². The molecule has 2 unspecified atom stereocenters. The minimum atomic E-state index is -3.33. The predicted molar refractivity (Wildman–Crippen MR) is 60.7 cm³/mol. The number of hydrogen-bond donors (Lipinski definition) is 2. The number of piperidine rings is 1. The van der Waals surface area contributed by atoms with Crippen molar-refractivity contribution in [2.24, 2.45) is 22.7 Å². The maximum atomic E-state index is 10.8. The Morgan fingerprint density at radius 1 is 1.47 bits per heavy atom. The lowest BCUT2D eigenvalue weighted by Crippen LogP contribution is -2.44. The van der Waals surface area contributed by atoms with Gasteiger partial charge in [-0.2, -0.15) is 0 Å². The van der Waals surface area contributed by atoms with Crippen LogP contribution in [0.4, 0.5) is 0 Å². The van der Waals surface area contributed by atoms with Crippen LogP contribution in [-0.2, 0) is 10.0 Å². The average molecular weight is 235 g/mol. The molecule has 0 aromatic carbocycles. The van der Waals surface area contributed by atoms with Gasteiger partial charge in [-0.3, -0.25) is 0 Å². The summed E-state index contributed by atoms with van der Waals surface area (Å²) in [6, 6.07) is 0. The Kier molecular flexibility index (Phi) is 4.51. The summed E-state index contributed by atoms with van der Waals surface area (Å²) in [5, 5.41) is 4.97. The zero-order valence-corrected chi connectivity index (χ0v) is 10.0. The van der Waals surface area contributed by atoms with Gasteiger partial charge in [-0.1, -0.05) is 6.92 Å². The van der Waals surface area contributed by atoms with E-state index in [-0.39, 0.29) is 5.75 Å². The summed E-state index contributed by atoms with van der Waals surface area (Å²) in [6.45, 7) is 5.25. The highest BCUT2D eigenvalue weighted by Crippen LogP contribution is 2.21. The maximum Gasteiger partial charge on any atom is 0.210 e. The van der Waals surface area contributed by atoms with Gasteiger partial charge in [0.25, 0.3) is 0 Å². The molecule has 1 rings (SSSR count). The van der Waals surface area contributed by atoms with Crippen molar-refractivity contribution in [2.75, 3.05) is 31.9 Å². The fourth-order valence-corrected chi connectivity index (χ4v) is 2.50. The molecular formula is C9H21N3O2S. The number of sulfonamides is 1. The van der Waals surface area contributed by atoms with E-state index in [0.29, 0.717) is 24.9 Å². The molecule has 5 nitrogen and oxygen atoms in total. The SMILES string of the molecule is CC1CCN(CCS(N)(=O)=O)CC1CN. The molecule has 0 saturated carbocycles. The molecule has 0 aromatic heterocycles. The lowest BCUT2D eigenvalue weighted by Gasteiger charge is -2.36. The van der Waals surface area contributed by atoms with Gasteiger partial charge in [-0.25, -0.2) is 13.6 Å². The van der Waals surface area contributed by atoms with Crippen LogP contribution in [0.3, 0.4) is 0 Å². The summed E-state index contributed by atoms with van der Waals surface area (Å²) < 4.78 is 21.6. The Labute approximate surface area is 91.9 Å². The zero-order chi connectivity index (χ0) is 11.5. The van der Waals surface area contributed by atoms with Crippen molar-refractivity contribution in [2.45, 2.75) is 13.3 Å². The number of nitrogens with zero attached hydrogens (tertiary/aromatic N) is 1. The predicted octanol–water partition coefficient (Wildman–Crippen LogP) is -0.808. The van der Waals surface area contributed by atoms with Crippen LogP contribution in [0.5, 0.6) is 0 Å². The molecule has 0 bridgehead atoms. The summed E-state index contributed by atoms with van der Waals surface area (Å²) in [7, 11) is -3.33. The number of rotatable bonds is 4. The van der Waals surface area contributed by atoms with Gasteiger partial charge in [0.15, 0.2) is 0 Å². The molecule has 1 aliphatic rings. The normalized spacial score (nSPS) is 29.3. The van der Waals surface area contributed by atoms with E-state index in [2.05, 4.69) is 11.8 Å². The van der Waals surface area contributed by atoms with Gasteiger partial charge in [0.2, 0.25) is 10.0 Å². The summed E-state index contributed by atoms with van der Waals surface area (Å²) >= 11 is 0. The van der Waals surface area contributed by atoms with Crippen molar-refractivity contribution in [3.05, 3.63) is 0 Å². The summed E-state index contributed by atoms with van der Waals surface area (Å²) in [6.07, 6.45) is 1.09. The maximum absolute atomic E-state index is 10.8. The monoisotopic (exact) mass is 235 g/mol. The summed E-state index contributed by atoms with van der Waals surface area (Å²) in [4.78, 5) is 2.14. The third-order valence-electron chi connectivity index (χ3n) is 3.19. The van der Waals surface area contributed by atoms with Gasteiger partial charge < -0.3 is 10.6 Å². The van der Waals surface area contributed by atoms with Gasteiger partial charge in [0, 0.05) is 13.1 Å². The third kappa shape index (κ3) is 4.46. The van der Waals surface area contributed by atoms with E-state index in [1.807, 2.05) is 0 Å². The van der Waals surface area contributed by atoms with Crippen molar-refractivity contribution >= 4 is 10.0 Å². The molecule has 1 saturated heterocycles. The van der Waals surface area contributed by atoms with Crippen molar-refractivity contribution in [3.63, 3.8) is 0 Å². The van der Waals surface area contributed by atoms with E-state index in [4.69, 9.17) is 10.9 Å². The standard InChI is InChI=1S/C9H21N3O2S/c1-8-2-3-12(7-9(8)6-10)4-5-15(11,13)14/h8-9H,2-7,10H2,1H3,(H2,11,13,14). The largest absolute Gasteiger partial charge is 0.330 e. The fourth-order valence-electron chi connectivity index (χ4n) is 1.99. The highest BCUT2D eigenvalue weighted by molar-refractivity contribution is 7.89. The quantitative estimate of drug-likeness (QED) is 0.667. The van der Waals surface area contributed by atoms with Crippen LogP contribution < -0.4 is 10.9 Å².